The van der Waals surface area contributed by atoms with Crippen molar-refractivity contribution in [3.63, 3.8) is 0 Å². The highest BCUT2D eigenvalue weighted by atomic mass is 79.9. The minimum atomic E-state index is -1.12. The van der Waals surface area contributed by atoms with Crippen LogP contribution < -0.4 is 4.74 Å². The Morgan fingerprint density at radius 3 is 2.75 bits per heavy atom. The van der Waals surface area contributed by atoms with Gasteiger partial charge in [0.2, 0.25) is 0 Å². The summed E-state index contributed by atoms with van der Waals surface area (Å²) in [5, 5.41) is 10.8. The second-order valence-electron chi connectivity index (χ2n) is 4.69. The molecule has 104 valence electrons. The van der Waals surface area contributed by atoms with Gasteiger partial charge in [0.25, 0.3) is 0 Å². The number of aliphatic hydroxyl groups is 1. The third-order valence-electron chi connectivity index (χ3n) is 3.43. The van der Waals surface area contributed by atoms with E-state index in [-0.39, 0.29) is 6.10 Å². The Morgan fingerprint density at radius 1 is 1.40 bits per heavy atom. The van der Waals surface area contributed by atoms with E-state index in [0.29, 0.717) is 12.2 Å². The van der Waals surface area contributed by atoms with Crippen LogP contribution in [0.2, 0.25) is 0 Å². The molecule has 2 unspecified atom stereocenters. The Bertz CT molecular complexity index is 589. The predicted molar refractivity (Wildman–Crippen MR) is 85.7 cm³/mol. The number of hydrogen-bond acceptors (Lipinski definition) is 2. The van der Waals surface area contributed by atoms with E-state index in [1.165, 1.54) is 0 Å². The second kappa shape index (κ2) is 5.81. The van der Waals surface area contributed by atoms with Crippen LogP contribution in [0.25, 0.3) is 0 Å². The first-order chi connectivity index (χ1) is 9.54. The maximum atomic E-state index is 10.8. The van der Waals surface area contributed by atoms with Gasteiger partial charge < -0.3 is 9.84 Å². The summed E-state index contributed by atoms with van der Waals surface area (Å²) in [6, 6.07) is 5.59. The minimum Gasteiger partial charge on any atom is -0.485 e. The van der Waals surface area contributed by atoms with E-state index in [1.54, 1.807) is 18.2 Å². The Morgan fingerprint density at radius 2 is 2.15 bits per heavy atom. The number of hydrogen-bond donors (Lipinski definition) is 1. The lowest BCUT2D eigenvalue weighted by Gasteiger charge is -2.37. The van der Waals surface area contributed by atoms with E-state index in [0.717, 1.165) is 15.6 Å². The second-order valence-corrected chi connectivity index (χ2v) is 5.60. The molecule has 2 atom stereocenters. The fraction of sp³-hybridized carbons (Fsp3) is 0.176. The number of ether oxygens (including phenoxy) is 1. The van der Waals surface area contributed by atoms with E-state index in [9.17, 15) is 5.11 Å². The van der Waals surface area contributed by atoms with Gasteiger partial charge in [0.1, 0.15) is 17.5 Å². The van der Waals surface area contributed by atoms with Crippen molar-refractivity contribution < 1.29 is 9.84 Å². The molecule has 0 fully saturated rings. The van der Waals surface area contributed by atoms with Crippen molar-refractivity contribution >= 4 is 15.9 Å². The molecule has 0 bridgehead atoms. The summed E-state index contributed by atoms with van der Waals surface area (Å²) in [5.74, 6) is 0.656. The van der Waals surface area contributed by atoms with Crippen molar-refractivity contribution in [1.82, 2.24) is 0 Å². The van der Waals surface area contributed by atoms with Gasteiger partial charge in [-0.15, -0.1) is 0 Å². The number of allylic oxidation sites excluding steroid dienone is 2. The Hall–Kier alpha value is -1.58. The van der Waals surface area contributed by atoms with Crippen molar-refractivity contribution in [3.8, 4) is 5.75 Å². The zero-order valence-electron chi connectivity index (χ0n) is 11.2. The Kier molecular flexibility index (Phi) is 4.31. The molecule has 2 nitrogen and oxygen atoms in total. The lowest BCUT2D eigenvalue weighted by atomic mass is 9.83. The fourth-order valence-electron chi connectivity index (χ4n) is 2.35. The molecular weight excluding hydrogens is 316 g/mol. The SMILES string of the molecule is C=C/C=C(\C=C)C1CC(O)(C=C)c2cc(Br)ccc2O1. The molecule has 0 amide bonds. The third kappa shape index (κ3) is 2.65. The topological polar surface area (TPSA) is 29.5 Å². The number of fused-ring (bicyclic) bond motifs is 1. The standard InChI is InChI=1S/C17H17BrO2/c1-4-7-12(5-2)16-11-17(19,6-3)14-10-13(18)8-9-15(14)20-16/h4-10,16,19H,1-3,11H2/b12-7+. The fourth-order valence-corrected chi connectivity index (χ4v) is 2.71. The first kappa shape index (κ1) is 14.8. The highest BCUT2D eigenvalue weighted by molar-refractivity contribution is 9.10. The molecular formula is C17H17BrO2. The van der Waals surface area contributed by atoms with Crippen LogP contribution in [0.5, 0.6) is 5.75 Å². The molecule has 20 heavy (non-hydrogen) atoms. The van der Waals surface area contributed by atoms with Crippen molar-refractivity contribution in [2.24, 2.45) is 0 Å². The Labute approximate surface area is 127 Å². The average Bonchev–Trinajstić information content (AvgIpc) is 2.45. The molecule has 0 spiro atoms. The highest BCUT2D eigenvalue weighted by Crippen LogP contribution is 2.43. The van der Waals surface area contributed by atoms with E-state index in [4.69, 9.17) is 4.74 Å². The lowest BCUT2D eigenvalue weighted by Crippen LogP contribution is -2.37. The Balaban J connectivity index is 2.50. The molecule has 1 heterocycles. The molecule has 1 aromatic rings. The van der Waals surface area contributed by atoms with Crippen LogP contribution in [0.15, 0.2) is 72.3 Å². The van der Waals surface area contributed by atoms with Crippen LogP contribution in [0.3, 0.4) is 0 Å². The van der Waals surface area contributed by atoms with Crippen LogP contribution >= 0.6 is 15.9 Å². The van der Waals surface area contributed by atoms with E-state index in [2.05, 4.69) is 35.7 Å². The molecule has 0 radical (unpaired) electrons. The molecule has 0 aliphatic carbocycles. The van der Waals surface area contributed by atoms with Crippen LogP contribution in [-0.4, -0.2) is 11.2 Å². The average molecular weight is 333 g/mol. The normalized spacial score (nSPS) is 25.3. The van der Waals surface area contributed by atoms with Crippen molar-refractivity contribution in [1.29, 1.82) is 0 Å². The number of rotatable bonds is 4. The maximum absolute atomic E-state index is 10.8. The molecule has 0 saturated heterocycles. The van der Waals surface area contributed by atoms with Crippen LogP contribution in [-0.2, 0) is 5.60 Å². The third-order valence-corrected chi connectivity index (χ3v) is 3.92. The molecule has 0 aromatic heterocycles. The summed E-state index contributed by atoms with van der Waals surface area (Å²) in [5.41, 5.74) is 0.486. The van der Waals surface area contributed by atoms with Gasteiger partial charge in [0.05, 0.1) is 0 Å². The van der Waals surface area contributed by atoms with Crippen LogP contribution in [0, 0.1) is 0 Å². The largest absolute Gasteiger partial charge is 0.485 e. The first-order valence-electron chi connectivity index (χ1n) is 6.32. The molecule has 1 aromatic carbocycles. The van der Waals surface area contributed by atoms with Gasteiger partial charge in [-0.2, -0.15) is 0 Å². The summed E-state index contributed by atoms with van der Waals surface area (Å²) in [6.07, 6.45) is 6.92. The summed E-state index contributed by atoms with van der Waals surface area (Å²) in [7, 11) is 0. The van der Waals surface area contributed by atoms with Crippen molar-refractivity contribution in [2.75, 3.05) is 0 Å². The van der Waals surface area contributed by atoms with Gasteiger partial charge in [0.15, 0.2) is 0 Å². The molecule has 1 aliphatic heterocycles. The summed E-state index contributed by atoms with van der Waals surface area (Å²) in [4.78, 5) is 0. The quantitative estimate of drug-likeness (QED) is 0.659. The van der Waals surface area contributed by atoms with Crippen LogP contribution in [0.4, 0.5) is 0 Å². The minimum absolute atomic E-state index is 0.276. The summed E-state index contributed by atoms with van der Waals surface area (Å²) < 4.78 is 6.87. The van der Waals surface area contributed by atoms with Gasteiger partial charge in [-0.25, -0.2) is 0 Å². The monoisotopic (exact) mass is 332 g/mol. The van der Waals surface area contributed by atoms with Gasteiger partial charge in [-0.3, -0.25) is 0 Å². The summed E-state index contributed by atoms with van der Waals surface area (Å²) in [6.45, 7) is 11.2. The van der Waals surface area contributed by atoms with E-state index < -0.39 is 5.60 Å². The van der Waals surface area contributed by atoms with Gasteiger partial charge in [-0.05, 0) is 23.8 Å². The molecule has 0 saturated carbocycles. The molecule has 1 aliphatic rings. The predicted octanol–water partition coefficient (Wildman–Crippen LogP) is 4.27. The summed E-state index contributed by atoms with van der Waals surface area (Å²) >= 11 is 3.41. The van der Waals surface area contributed by atoms with E-state index in [1.807, 2.05) is 24.3 Å². The molecule has 1 N–H and O–H groups in total. The zero-order chi connectivity index (χ0) is 14.8. The highest BCUT2D eigenvalue weighted by Gasteiger charge is 2.38. The molecule has 3 heteroatoms. The van der Waals surface area contributed by atoms with Crippen molar-refractivity contribution in [3.05, 3.63) is 77.8 Å². The van der Waals surface area contributed by atoms with Crippen molar-refractivity contribution in [2.45, 2.75) is 18.1 Å². The smallest absolute Gasteiger partial charge is 0.127 e. The number of benzene rings is 1. The van der Waals surface area contributed by atoms with Crippen LogP contribution in [0.1, 0.15) is 12.0 Å². The number of halogens is 1. The maximum Gasteiger partial charge on any atom is 0.127 e. The first-order valence-corrected chi connectivity index (χ1v) is 7.11. The van der Waals surface area contributed by atoms with E-state index >= 15 is 0 Å². The van der Waals surface area contributed by atoms with Gasteiger partial charge in [-0.1, -0.05) is 60.0 Å². The zero-order valence-corrected chi connectivity index (χ0v) is 12.8. The van der Waals surface area contributed by atoms with Gasteiger partial charge >= 0.3 is 0 Å². The lowest BCUT2D eigenvalue weighted by molar-refractivity contribution is 0.0199. The molecule has 2 rings (SSSR count). The van der Waals surface area contributed by atoms with Gasteiger partial charge in [0, 0.05) is 16.5 Å².